The van der Waals surface area contributed by atoms with Crippen molar-refractivity contribution in [3.05, 3.63) is 53.9 Å². The molecule has 0 unspecified atom stereocenters. The normalized spacial score (nSPS) is 16.1. The van der Waals surface area contributed by atoms with E-state index in [1.807, 2.05) is 0 Å². The number of imidazole rings is 1. The number of nitrogens with zero attached hydrogens (tertiary/aromatic N) is 2. The van der Waals surface area contributed by atoms with Gasteiger partial charge in [-0.05, 0) is 43.5 Å². The van der Waals surface area contributed by atoms with Crippen molar-refractivity contribution in [3.8, 4) is 11.1 Å². The molecule has 1 aliphatic heterocycles. The number of amides is 1. The fourth-order valence-corrected chi connectivity index (χ4v) is 3.84. The highest BCUT2D eigenvalue weighted by Gasteiger charge is 2.23. The standard InChI is InChI=1S/C22H24F2N4O2/c1-13(22(25)29)26-12-21-27-19-11-18(24)17(14-2-4-15(23)5-3-14)10-20(19)28(21)16-6-8-30-9-7-16/h2-5,10-11,13,16,26H,6-9,12H2,1H3,(H2,25,29)/t13-/m0/s1. The third-order valence-corrected chi connectivity index (χ3v) is 5.56. The molecule has 3 N–H and O–H groups in total. The summed E-state index contributed by atoms with van der Waals surface area (Å²) in [5.74, 6) is -0.533. The van der Waals surface area contributed by atoms with Crippen LogP contribution in [0.2, 0.25) is 0 Å². The monoisotopic (exact) mass is 414 g/mol. The van der Waals surface area contributed by atoms with Gasteiger partial charge in [-0.2, -0.15) is 0 Å². The molecule has 1 fully saturated rings. The van der Waals surface area contributed by atoms with Gasteiger partial charge in [0.15, 0.2) is 0 Å². The maximum absolute atomic E-state index is 14.9. The Morgan fingerprint density at radius 2 is 1.97 bits per heavy atom. The molecule has 1 aromatic heterocycles. The lowest BCUT2D eigenvalue weighted by Gasteiger charge is -2.26. The molecular weight excluding hydrogens is 390 g/mol. The minimum atomic E-state index is -0.514. The predicted molar refractivity (Wildman–Crippen MR) is 110 cm³/mol. The van der Waals surface area contributed by atoms with E-state index >= 15 is 0 Å². The zero-order valence-corrected chi connectivity index (χ0v) is 16.7. The molecule has 4 rings (SSSR count). The van der Waals surface area contributed by atoms with Crippen molar-refractivity contribution in [2.45, 2.75) is 38.4 Å². The van der Waals surface area contributed by atoms with E-state index in [1.165, 1.54) is 18.2 Å². The molecule has 6 nitrogen and oxygen atoms in total. The first kappa shape index (κ1) is 20.4. The highest BCUT2D eigenvalue weighted by atomic mass is 19.1. The summed E-state index contributed by atoms with van der Waals surface area (Å²) >= 11 is 0. The lowest BCUT2D eigenvalue weighted by atomic mass is 10.0. The summed E-state index contributed by atoms with van der Waals surface area (Å²) in [5.41, 5.74) is 7.67. The van der Waals surface area contributed by atoms with Gasteiger partial charge in [0.25, 0.3) is 0 Å². The van der Waals surface area contributed by atoms with Crippen molar-refractivity contribution < 1.29 is 18.3 Å². The zero-order valence-electron chi connectivity index (χ0n) is 16.7. The van der Waals surface area contributed by atoms with E-state index in [9.17, 15) is 13.6 Å². The Labute approximate surface area is 173 Å². The van der Waals surface area contributed by atoms with Crippen LogP contribution in [0.1, 0.15) is 31.6 Å². The van der Waals surface area contributed by atoms with Crippen LogP contribution in [0, 0.1) is 11.6 Å². The third-order valence-electron chi connectivity index (χ3n) is 5.56. The Morgan fingerprint density at radius 1 is 1.27 bits per heavy atom. The molecule has 1 saturated heterocycles. The van der Waals surface area contributed by atoms with Gasteiger partial charge in [-0.15, -0.1) is 0 Å². The van der Waals surface area contributed by atoms with Crippen molar-refractivity contribution in [2.24, 2.45) is 5.73 Å². The first-order valence-electron chi connectivity index (χ1n) is 10.0. The van der Waals surface area contributed by atoms with Crippen molar-refractivity contribution >= 4 is 16.9 Å². The minimum Gasteiger partial charge on any atom is -0.381 e. The van der Waals surface area contributed by atoms with E-state index < -0.39 is 17.8 Å². The quantitative estimate of drug-likeness (QED) is 0.649. The molecule has 3 aromatic rings. The Kier molecular flexibility index (Phi) is 5.78. The van der Waals surface area contributed by atoms with Crippen LogP contribution in [0.15, 0.2) is 36.4 Å². The number of halogens is 2. The SMILES string of the molecule is C[C@H](NCc1nc2cc(F)c(-c3ccc(F)cc3)cc2n1C1CCOCC1)C(N)=O. The number of fused-ring (bicyclic) bond motifs is 1. The number of aromatic nitrogens is 2. The molecule has 0 spiro atoms. The molecule has 2 heterocycles. The second-order valence-electron chi connectivity index (χ2n) is 7.57. The molecule has 0 bridgehead atoms. The number of primary amides is 1. The zero-order chi connectivity index (χ0) is 21.3. The van der Waals surface area contributed by atoms with Crippen LogP contribution in [0.25, 0.3) is 22.2 Å². The number of benzene rings is 2. The molecule has 1 amide bonds. The van der Waals surface area contributed by atoms with Crippen molar-refractivity contribution in [1.82, 2.24) is 14.9 Å². The van der Waals surface area contributed by atoms with Crippen LogP contribution < -0.4 is 11.1 Å². The predicted octanol–water partition coefficient (Wildman–Crippen LogP) is 3.30. The van der Waals surface area contributed by atoms with E-state index in [0.717, 1.165) is 18.4 Å². The molecule has 0 aliphatic carbocycles. The first-order chi connectivity index (χ1) is 14.4. The van der Waals surface area contributed by atoms with Crippen molar-refractivity contribution in [2.75, 3.05) is 13.2 Å². The summed E-state index contributed by atoms with van der Waals surface area (Å²) in [5, 5.41) is 3.08. The Morgan fingerprint density at radius 3 is 2.63 bits per heavy atom. The highest BCUT2D eigenvalue weighted by molar-refractivity contribution is 5.83. The Hall–Kier alpha value is -2.84. The van der Waals surface area contributed by atoms with Crippen molar-refractivity contribution in [1.29, 1.82) is 0 Å². The summed E-state index contributed by atoms with van der Waals surface area (Å²) in [4.78, 5) is 16.0. The average molecular weight is 414 g/mol. The second kappa shape index (κ2) is 8.49. The van der Waals surface area contributed by atoms with Gasteiger partial charge in [-0.1, -0.05) is 12.1 Å². The fourth-order valence-electron chi connectivity index (χ4n) is 3.84. The number of nitrogens with one attached hydrogen (secondary N) is 1. The number of carbonyl (C=O) groups excluding carboxylic acids is 1. The average Bonchev–Trinajstić information content (AvgIpc) is 3.09. The summed E-state index contributed by atoms with van der Waals surface area (Å²) in [6.07, 6.45) is 1.63. The molecule has 8 heteroatoms. The summed E-state index contributed by atoms with van der Waals surface area (Å²) < 4.78 is 35.8. The van der Waals surface area contributed by atoms with Crippen LogP contribution in [0.4, 0.5) is 8.78 Å². The molecule has 0 saturated carbocycles. The second-order valence-corrected chi connectivity index (χ2v) is 7.57. The van der Waals surface area contributed by atoms with Crippen LogP contribution in [-0.2, 0) is 16.1 Å². The Balaban J connectivity index is 1.80. The molecule has 30 heavy (non-hydrogen) atoms. The van der Waals surface area contributed by atoms with Crippen LogP contribution in [0.5, 0.6) is 0 Å². The van der Waals surface area contributed by atoms with Gasteiger partial charge >= 0.3 is 0 Å². The van der Waals surface area contributed by atoms with E-state index in [4.69, 9.17) is 10.5 Å². The molecule has 1 aliphatic rings. The summed E-state index contributed by atoms with van der Waals surface area (Å²) in [6.45, 7) is 3.29. The summed E-state index contributed by atoms with van der Waals surface area (Å²) in [6, 6.07) is 8.56. The minimum absolute atomic E-state index is 0.149. The smallest absolute Gasteiger partial charge is 0.234 e. The van der Waals surface area contributed by atoms with Gasteiger partial charge < -0.3 is 15.0 Å². The third kappa shape index (κ3) is 4.06. The van der Waals surface area contributed by atoms with Gasteiger partial charge in [-0.25, -0.2) is 13.8 Å². The largest absolute Gasteiger partial charge is 0.381 e. The highest BCUT2D eigenvalue weighted by Crippen LogP contribution is 2.33. The molecule has 2 aromatic carbocycles. The molecule has 1 atom stereocenters. The lowest BCUT2D eigenvalue weighted by Crippen LogP contribution is -2.39. The number of carbonyl (C=O) groups is 1. The number of hydrogen-bond acceptors (Lipinski definition) is 4. The van der Waals surface area contributed by atoms with E-state index in [-0.39, 0.29) is 11.9 Å². The maximum atomic E-state index is 14.9. The van der Waals surface area contributed by atoms with Gasteiger partial charge in [0.2, 0.25) is 5.91 Å². The number of ether oxygens (including phenoxy) is 1. The van der Waals surface area contributed by atoms with Gasteiger partial charge in [0.05, 0.1) is 23.6 Å². The number of nitrogens with two attached hydrogens (primary N) is 1. The van der Waals surface area contributed by atoms with E-state index in [2.05, 4.69) is 14.9 Å². The van der Waals surface area contributed by atoms with E-state index in [1.54, 1.807) is 25.1 Å². The molecule has 0 radical (unpaired) electrons. The Bertz CT molecular complexity index is 1060. The topological polar surface area (TPSA) is 82.2 Å². The number of hydrogen-bond donors (Lipinski definition) is 2. The van der Waals surface area contributed by atoms with Crippen LogP contribution in [0.3, 0.4) is 0 Å². The fraction of sp³-hybridized carbons (Fsp3) is 0.364. The van der Waals surface area contributed by atoms with Gasteiger partial charge in [-0.3, -0.25) is 10.1 Å². The molecule has 158 valence electrons. The summed E-state index contributed by atoms with van der Waals surface area (Å²) in [7, 11) is 0. The lowest BCUT2D eigenvalue weighted by molar-refractivity contribution is -0.119. The first-order valence-corrected chi connectivity index (χ1v) is 10.0. The van der Waals surface area contributed by atoms with Crippen LogP contribution in [-0.4, -0.2) is 34.7 Å². The van der Waals surface area contributed by atoms with Gasteiger partial charge in [0, 0.05) is 30.9 Å². The van der Waals surface area contributed by atoms with Gasteiger partial charge in [0.1, 0.15) is 17.5 Å². The number of rotatable bonds is 6. The maximum Gasteiger partial charge on any atom is 0.234 e. The van der Waals surface area contributed by atoms with Crippen molar-refractivity contribution in [3.63, 3.8) is 0 Å². The van der Waals surface area contributed by atoms with E-state index in [0.29, 0.717) is 42.2 Å². The molecular formula is C22H24F2N4O2. The van der Waals surface area contributed by atoms with Crippen LogP contribution >= 0.6 is 0 Å².